The van der Waals surface area contributed by atoms with Gasteiger partial charge in [-0.05, 0) is 36.4 Å². The van der Waals surface area contributed by atoms with E-state index < -0.39 is 11.6 Å². The number of aromatic nitrogens is 1. The predicted octanol–water partition coefficient (Wildman–Crippen LogP) is 3.50. The average molecular weight is 306 g/mol. The third-order valence-corrected chi connectivity index (χ3v) is 4.34. The minimum Gasteiger partial charge on any atom is -0.307 e. The van der Waals surface area contributed by atoms with Crippen LogP contribution in [-0.4, -0.2) is 23.2 Å². The highest BCUT2D eigenvalue weighted by atomic mass is 32.2. The Morgan fingerprint density at radius 3 is 2.86 bits per heavy atom. The summed E-state index contributed by atoms with van der Waals surface area (Å²) in [6.07, 6.45) is 3.15. The van der Waals surface area contributed by atoms with Crippen molar-refractivity contribution in [2.45, 2.75) is 11.3 Å². The molecular weight excluding hydrogens is 294 g/mol. The lowest BCUT2D eigenvalue weighted by molar-refractivity contribution is 0.0986. The van der Waals surface area contributed by atoms with E-state index in [1.165, 1.54) is 23.2 Å². The Kier molecular flexibility index (Phi) is 3.88. The number of carbonyl (C=O) groups is 1. The first kappa shape index (κ1) is 14.0. The van der Waals surface area contributed by atoms with Crippen molar-refractivity contribution in [2.24, 2.45) is 0 Å². The van der Waals surface area contributed by atoms with Crippen molar-refractivity contribution in [3.8, 4) is 0 Å². The van der Waals surface area contributed by atoms with E-state index in [1.807, 2.05) is 0 Å². The van der Waals surface area contributed by atoms with Gasteiger partial charge in [0.1, 0.15) is 11.6 Å². The molecule has 0 saturated carbocycles. The van der Waals surface area contributed by atoms with Gasteiger partial charge in [-0.1, -0.05) is 0 Å². The summed E-state index contributed by atoms with van der Waals surface area (Å²) in [5, 5.41) is 0. The number of pyridine rings is 1. The second-order valence-electron chi connectivity index (χ2n) is 4.66. The number of nitrogens with zero attached hydrogens (tertiary/aromatic N) is 2. The first-order valence-corrected chi connectivity index (χ1v) is 7.48. The van der Waals surface area contributed by atoms with E-state index in [0.29, 0.717) is 12.2 Å². The van der Waals surface area contributed by atoms with Crippen molar-refractivity contribution in [1.82, 2.24) is 4.98 Å². The lowest BCUT2D eigenvalue weighted by Gasteiger charge is -2.22. The monoisotopic (exact) mass is 306 g/mol. The molecule has 0 N–H and O–H groups in total. The number of fused-ring (bicyclic) bond motifs is 1. The van der Waals surface area contributed by atoms with Crippen LogP contribution in [0.1, 0.15) is 16.8 Å². The van der Waals surface area contributed by atoms with E-state index in [4.69, 9.17) is 0 Å². The normalized spacial score (nSPS) is 14.5. The van der Waals surface area contributed by atoms with Crippen molar-refractivity contribution in [2.75, 3.05) is 17.2 Å². The molecule has 1 aliphatic heterocycles. The van der Waals surface area contributed by atoms with Crippen LogP contribution in [0.3, 0.4) is 0 Å². The molecule has 0 aliphatic carbocycles. The average Bonchev–Trinajstić information content (AvgIpc) is 2.68. The minimum absolute atomic E-state index is 0.164. The smallest absolute Gasteiger partial charge is 0.259 e. The molecule has 108 valence electrons. The second-order valence-corrected chi connectivity index (χ2v) is 5.80. The van der Waals surface area contributed by atoms with Crippen LogP contribution in [0.4, 0.5) is 14.5 Å². The molecule has 2 heterocycles. The van der Waals surface area contributed by atoms with Crippen molar-refractivity contribution in [3.05, 3.63) is 53.9 Å². The summed E-state index contributed by atoms with van der Waals surface area (Å²) in [5.74, 6) is -0.476. The second kappa shape index (κ2) is 5.81. The Hall–Kier alpha value is -1.95. The molecule has 1 aromatic carbocycles. The maximum atomic E-state index is 13.5. The summed E-state index contributed by atoms with van der Waals surface area (Å²) < 4.78 is 26.7. The first-order chi connectivity index (χ1) is 10.1. The lowest BCUT2D eigenvalue weighted by atomic mass is 10.2. The largest absolute Gasteiger partial charge is 0.307 e. The minimum atomic E-state index is -0.565. The number of anilines is 1. The van der Waals surface area contributed by atoms with Crippen LogP contribution in [0.15, 0.2) is 41.6 Å². The Morgan fingerprint density at radius 2 is 2.05 bits per heavy atom. The van der Waals surface area contributed by atoms with Crippen LogP contribution in [0.25, 0.3) is 0 Å². The number of carbonyl (C=O) groups excluding carboxylic acids is 1. The molecule has 1 amide bonds. The molecule has 0 unspecified atom stereocenters. The van der Waals surface area contributed by atoms with Gasteiger partial charge in [-0.15, -0.1) is 11.8 Å². The van der Waals surface area contributed by atoms with Gasteiger partial charge >= 0.3 is 0 Å². The number of rotatable bonds is 1. The highest BCUT2D eigenvalue weighted by molar-refractivity contribution is 7.99. The molecule has 3 rings (SSSR count). The third-order valence-electron chi connectivity index (χ3n) is 3.19. The predicted molar refractivity (Wildman–Crippen MR) is 77.6 cm³/mol. The van der Waals surface area contributed by atoms with Gasteiger partial charge in [0.05, 0.1) is 17.4 Å². The molecule has 0 atom stereocenters. The first-order valence-electron chi connectivity index (χ1n) is 6.50. The molecule has 6 heteroatoms. The van der Waals surface area contributed by atoms with Gasteiger partial charge < -0.3 is 4.90 Å². The van der Waals surface area contributed by atoms with Crippen LogP contribution in [-0.2, 0) is 0 Å². The van der Waals surface area contributed by atoms with Crippen LogP contribution in [0.2, 0.25) is 0 Å². The standard InChI is InChI=1S/C15H12F2N2OS/c16-11-2-3-14-13(7-11)19(4-1-5-21-14)15(20)10-6-12(17)9-18-8-10/h2-3,6-9H,1,4-5H2. The Labute approximate surface area is 125 Å². The highest BCUT2D eigenvalue weighted by Crippen LogP contribution is 2.35. The topological polar surface area (TPSA) is 33.2 Å². The molecule has 1 aromatic heterocycles. The van der Waals surface area contributed by atoms with E-state index in [2.05, 4.69) is 4.98 Å². The van der Waals surface area contributed by atoms with E-state index in [0.717, 1.165) is 29.3 Å². The SMILES string of the molecule is O=C(c1cncc(F)c1)N1CCCSc2ccc(F)cc21. The van der Waals surface area contributed by atoms with Gasteiger partial charge in [0.25, 0.3) is 5.91 Å². The Bertz CT molecular complexity index is 693. The molecule has 0 radical (unpaired) electrons. The van der Waals surface area contributed by atoms with Gasteiger partial charge in [0, 0.05) is 17.6 Å². The van der Waals surface area contributed by atoms with Gasteiger partial charge in [-0.2, -0.15) is 0 Å². The zero-order valence-corrected chi connectivity index (χ0v) is 11.9. The zero-order chi connectivity index (χ0) is 14.8. The molecule has 0 saturated heterocycles. The number of halogens is 2. The fourth-order valence-electron chi connectivity index (χ4n) is 2.24. The maximum Gasteiger partial charge on any atom is 0.259 e. The van der Waals surface area contributed by atoms with Gasteiger partial charge in [0.15, 0.2) is 0 Å². The molecule has 1 aliphatic rings. The molecular formula is C15H12F2N2OS. The number of benzene rings is 1. The molecule has 21 heavy (non-hydrogen) atoms. The van der Waals surface area contributed by atoms with E-state index in [9.17, 15) is 13.6 Å². The highest BCUT2D eigenvalue weighted by Gasteiger charge is 2.23. The fraction of sp³-hybridized carbons (Fsp3) is 0.200. The Balaban J connectivity index is 2.02. The number of amides is 1. The quantitative estimate of drug-likeness (QED) is 0.808. The van der Waals surface area contributed by atoms with Crippen LogP contribution >= 0.6 is 11.8 Å². The van der Waals surface area contributed by atoms with Crippen LogP contribution in [0.5, 0.6) is 0 Å². The molecule has 2 aromatic rings. The molecule has 3 nitrogen and oxygen atoms in total. The van der Waals surface area contributed by atoms with Gasteiger partial charge in [0.2, 0.25) is 0 Å². The fourth-order valence-corrected chi connectivity index (χ4v) is 3.22. The zero-order valence-electron chi connectivity index (χ0n) is 11.1. The third kappa shape index (κ3) is 2.90. The van der Waals surface area contributed by atoms with Gasteiger partial charge in [-0.25, -0.2) is 8.78 Å². The summed E-state index contributed by atoms with van der Waals surface area (Å²) >= 11 is 1.59. The van der Waals surface area contributed by atoms with E-state index in [-0.39, 0.29) is 11.5 Å². The van der Waals surface area contributed by atoms with Crippen molar-refractivity contribution in [1.29, 1.82) is 0 Å². The number of hydrogen-bond donors (Lipinski definition) is 0. The summed E-state index contributed by atoms with van der Waals surface area (Å²) in [7, 11) is 0. The Morgan fingerprint density at radius 1 is 1.19 bits per heavy atom. The summed E-state index contributed by atoms with van der Waals surface area (Å²) in [5.41, 5.74) is 0.698. The number of hydrogen-bond acceptors (Lipinski definition) is 3. The lowest BCUT2D eigenvalue weighted by Crippen LogP contribution is -2.32. The van der Waals surface area contributed by atoms with Gasteiger partial charge in [-0.3, -0.25) is 9.78 Å². The molecule has 0 bridgehead atoms. The summed E-state index contributed by atoms with van der Waals surface area (Å²) in [6.45, 7) is 0.471. The van der Waals surface area contributed by atoms with Crippen molar-refractivity contribution >= 4 is 23.4 Å². The van der Waals surface area contributed by atoms with E-state index >= 15 is 0 Å². The maximum absolute atomic E-state index is 13.5. The molecule has 0 spiro atoms. The summed E-state index contributed by atoms with van der Waals surface area (Å²) in [4.78, 5) is 18.6. The van der Waals surface area contributed by atoms with Crippen molar-refractivity contribution < 1.29 is 13.6 Å². The van der Waals surface area contributed by atoms with E-state index in [1.54, 1.807) is 17.8 Å². The molecule has 0 fully saturated rings. The number of thioether (sulfide) groups is 1. The summed E-state index contributed by atoms with van der Waals surface area (Å²) in [6, 6.07) is 5.54. The van der Waals surface area contributed by atoms with Crippen molar-refractivity contribution in [3.63, 3.8) is 0 Å². The van der Waals surface area contributed by atoms with Crippen LogP contribution in [0, 0.1) is 11.6 Å². The van der Waals surface area contributed by atoms with Crippen LogP contribution < -0.4 is 4.90 Å².